The Morgan fingerprint density at radius 2 is 1.95 bits per heavy atom. The molecule has 0 spiro atoms. The summed E-state index contributed by atoms with van der Waals surface area (Å²) in [5.74, 6) is 0.896. The van der Waals surface area contributed by atoms with Crippen molar-refractivity contribution in [3.63, 3.8) is 0 Å². The Morgan fingerprint density at radius 1 is 1.18 bits per heavy atom. The molecule has 0 aromatic carbocycles. The summed E-state index contributed by atoms with van der Waals surface area (Å²) in [7, 11) is 0. The van der Waals surface area contributed by atoms with Crippen LogP contribution in [0, 0.1) is 0 Å². The molecule has 4 aliphatic rings. The first-order chi connectivity index (χ1) is 10.7. The molecule has 1 N–H and O–H groups in total. The van der Waals surface area contributed by atoms with Crippen LogP contribution in [-0.4, -0.2) is 58.6 Å². The Morgan fingerprint density at radius 3 is 2.73 bits per heavy atom. The van der Waals surface area contributed by atoms with E-state index in [4.69, 9.17) is 4.98 Å². The summed E-state index contributed by atoms with van der Waals surface area (Å²) in [6, 6.07) is 0. The number of aromatic nitrogens is 2. The van der Waals surface area contributed by atoms with Gasteiger partial charge in [0.05, 0.1) is 25.0 Å². The number of rotatable bonds is 2. The van der Waals surface area contributed by atoms with E-state index in [-0.39, 0.29) is 5.56 Å². The number of aryl methyl sites for hydroxylation is 2. The molecule has 3 saturated heterocycles. The van der Waals surface area contributed by atoms with Gasteiger partial charge >= 0.3 is 0 Å². The Hall–Kier alpha value is -1.24. The molecule has 6 rings (SSSR count). The van der Waals surface area contributed by atoms with Crippen LogP contribution < -0.4 is 5.56 Å². The Kier molecular flexibility index (Phi) is 2.78. The van der Waals surface area contributed by atoms with Crippen LogP contribution in [-0.2, 0) is 19.4 Å². The zero-order valence-electron chi connectivity index (χ0n) is 12.7. The first-order valence-corrected chi connectivity index (χ1v) is 9.15. The van der Waals surface area contributed by atoms with E-state index in [0.717, 1.165) is 39.9 Å². The molecule has 0 radical (unpaired) electrons. The van der Waals surface area contributed by atoms with Crippen LogP contribution in [0.1, 0.15) is 22.7 Å². The first-order valence-electron chi connectivity index (χ1n) is 8.33. The van der Waals surface area contributed by atoms with Crippen LogP contribution in [0.25, 0.3) is 10.2 Å². The maximum Gasteiger partial charge on any atom is 0.260 e. The van der Waals surface area contributed by atoms with E-state index in [9.17, 15) is 4.79 Å². The van der Waals surface area contributed by atoms with E-state index in [1.165, 1.54) is 56.1 Å². The highest BCUT2D eigenvalue weighted by molar-refractivity contribution is 7.18. The largest absolute Gasteiger partial charge is 0.314 e. The molecule has 6 heteroatoms. The van der Waals surface area contributed by atoms with E-state index >= 15 is 0 Å². The van der Waals surface area contributed by atoms with Gasteiger partial charge in [-0.2, -0.15) is 0 Å². The lowest BCUT2D eigenvalue weighted by molar-refractivity contribution is -0.953. The number of thiophene rings is 1. The number of hydrogen-bond donors (Lipinski definition) is 1. The number of H-pyrrole nitrogens is 1. The number of aromatic amines is 1. The fourth-order valence-corrected chi connectivity index (χ4v) is 5.69. The summed E-state index contributed by atoms with van der Waals surface area (Å²) in [6.07, 6.45) is 3.37. The highest BCUT2D eigenvalue weighted by atomic mass is 32.1. The van der Waals surface area contributed by atoms with E-state index in [2.05, 4.69) is 9.88 Å². The fourth-order valence-electron chi connectivity index (χ4n) is 4.41. The summed E-state index contributed by atoms with van der Waals surface area (Å²) >= 11 is 1.75. The van der Waals surface area contributed by atoms with Crippen LogP contribution in [0.5, 0.6) is 0 Å². The van der Waals surface area contributed by atoms with Gasteiger partial charge in [0.2, 0.25) is 0 Å². The lowest BCUT2D eigenvalue weighted by Crippen LogP contribution is -2.66. The van der Waals surface area contributed by atoms with Crippen molar-refractivity contribution >= 4 is 21.6 Å². The predicted molar refractivity (Wildman–Crippen MR) is 87.3 cm³/mol. The molecule has 2 aromatic heterocycles. The molecule has 1 aliphatic carbocycles. The molecule has 116 valence electrons. The fraction of sp³-hybridized carbons (Fsp3) is 0.625. The van der Waals surface area contributed by atoms with Crippen molar-refractivity contribution in [1.29, 1.82) is 0 Å². The van der Waals surface area contributed by atoms with E-state index in [1.807, 2.05) is 0 Å². The highest BCUT2D eigenvalue weighted by Gasteiger charge is 2.39. The number of nitrogens with zero attached hydrogens (tertiary/aromatic N) is 3. The third kappa shape index (κ3) is 1.90. The van der Waals surface area contributed by atoms with Gasteiger partial charge in [-0.3, -0.25) is 9.69 Å². The summed E-state index contributed by atoms with van der Waals surface area (Å²) < 4.78 is 1.11. The van der Waals surface area contributed by atoms with Crippen LogP contribution in [0.4, 0.5) is 0 Å². The van der Waals surface area contributed by atoms with Crippen molar-refractivity contribution in [1.82, 2.24) is 14.9 Å². The van der Waals surface area contributed by atoms with Crippen molar-refractivity contribution < 1.29 is 4.48 Å². The Balaban J connectivity index is 1.54. The maximum atomic E-state index is 12.6. The van der Waals surface area contributed by atoms with Gasteiger partial charge in [-0.25, -0.2) is 4.98 Å². The topological polar surface area (TPSA) is 49.0 Å². The second-order valence-corrected chi connectivity index (χ2v) is 8.15. The van der Waals surface area contributed by atoms with Gasteiger partial charge in [0.25, 0.3) is 5.56 Å². The van der Waals surface area contributed by atoms with Gasteiger partial charge in [0.1, 0.15) is 11.4 Å². The van der Waals surface area contributed by atoms with Crippen LogP contribution >= 0.6 is 11.3 Å². The second kappa shape index (κ2) is 4.63. The molecule has 2 aromatic rings. The number of quaternary nitrogens is 1. The van der Waals surface area contributed by atoms with Crippen molar-refractivity contribution in [2.45, 2.75) is 25.8 Å². The van der Waals surface area contributed by atoms with Gasteiger partial charge in [-0.15, -0.1) is 11.3 Å². The van der Waals surface area contributed by atoms with Crippen LogP contribution in [0.2, 0.25) is 0 Å². The molecule has 0 atom stereocenters. The number of nitrogens with one attached hydrogen (secondary N) is 1. The molecular weight excluding hydrogens is 296 g/mol. The van der Waals surface area contributed by atoms with Gasteiger partial charge < -0.3 is 9.47 Å². The highest BCUT2D eigenvalue weighted by Crippen LogP contribution is 2.34. The maximum absolute atomic E-state index is 12.6. The molecule has 22 heavy (non-hydrogen) atoms. The number of hydrogen-bond acceptors (Lipinski definition) is 4. The summed E-state index contributed by atoms with van der Waals surface area (Å²) in [4.78, 5) is 25.4. The molecule has 0 saturated carbocycles. The van der Waals surface area contributed by atoms with E-state index < -0.39 is 0 Å². The van der Waals surface area contributed by atoms with Crippen molar-refractivity contribution in [2.75, 3.05) is 39.3 Å². The van der Waals surface area contributed by atoms with Crippen LogP contribution in [0.15, 0.2) is 4.79 Å². The van der Waals surface area contributed by atoms with Crippen molar-refractivity contribution in [3.8, 4) is 0 Å². The minimum Gasteiger partial charge on any atom is -0.314 e. The van der Waals surface area contributed by atoms with E-state index in [1.54, 1.807) is 11.3 Å². The summed E-state index contributed by atoms with van der Waals surface area (Å²) in [5.41, 5.74) is 1.37. The van der Waals surface area contributed by atoms with Gasteiger partial charge in [0, 0.05) is 24.5 Å². The molecule has 5 nitrogen and oxygen atoms in total. The van der Waals surface area contributed by atoms with Gasteiger partial charge in [-0.05, 0) is 24.8 Å². The lowest BCUT2D eigenvalue weighted by Gasteiger charge is -2.50. The van der Waals surface area contributed by atoms with Gasteiger partial charge in [0.15, 0.2) is 5.82 Å². The normalized spacial score (nSPS) is 30.1. The standard InChI is InChI=1S/C16H20N4OS/c21-15-14-11-2-1-3-12(11)22-16(14)18-13(17-15)10-20-7-4-19(5-8-20)6-9-20/h1-10H2/p+1. The molecule has 0 amide bonds. The summed E-state index contributed by atoms with van der Waals surface area (Å²) in [6.45, 7) is 8.06. The Labute approximate surface area is 133 Å². The quantitative estimate of drug-likeness (QED) is 0.845. The number of fused-ring (bicyclic) bond motifs is 6. The molecule has 0 unspecified atom stereocenters. The van der Waals surface area contributed by atoms with Crippen LogP contribution in [0.3, 0.4) is 0 Å². The minimum absolute atomic E-state index is 0.0910. The molecule has 3 fully saturated rings. The smallest absolute Gasteiger partial charge is 0.260 e. The molecule has 2 bridgehead atoms. The van der Waals surface area contributed by atoms with E-state index in [0.29, 0.717) is 0 Å². The molecular formula is C16H21N4OS+. The van der Waals surface area contributed by atoms with Crippen molar-refractivity contribution in [2.24, 2.45) is 0 Å². The second-order valence-electron chi connectivity index (χ2n) is 7.06. The third-order valence-electron chi connectivity index (χ3n) is 5.78. The predicted octanol–water partition coefficient (Wildman–Crippen LogP) is 1.12. The third-order valence-corrected chi connectivity index (χ3v) is 6.97. The van der Waals surface area contributed by atoms with Gasteiger partial charge in [-0.1, -0.05) is 0 Å². The monoisotopic (exact) mass is 317 g/mol. The average molecular weight is 317 g/mol. The lowest BCUT2D eigenvalue weighted by atomic mass is 10.1. The number of piperazine rings is 3. The van der Waals surface area contributed by atoms with Crippen molar-refractivity contribution in [3.05, 3.63) is 26.6 Å². The Bertz CT molecular complexity index is 787. The first kappa shape index (κ1) is 13.2. The summed E-state index contributed by atoms with van der Waals surface area (Å²) in [5, 5.41) is 0.879. The zero-order valence-corrected chi connectivity index (χ0v) is 13.5. The molecule has 3 aliphatic heterocycles. The molecule has 5 heterocycles. The zero-order chi connectivity index (χ0) is 14.7. The average Bonchev–Trinajstić information content (AvgIpc) is 3.08. The minimum atomic E-state index is 0.0910. The SMILES string of the molecule is O=c1[nH]c(C[N+]23CCN(CC2)CC3)nc2sc3c(c12)CCC3.